The number of aliphatic imine (C=N–C) groups is 1. The van der Waals surface area contributed by atoms with Crippen molar-refractivity contribution in [3.8, 4) is 23.0 Å². The molecule has 0 spiro atoms. The first kappa shape index (κ1) is 28.1. The number of nitrogens with one attached hydrogen (secondary N) is 2. The van der Waals surface area contributed by atoms with Gasteiger partial charge in [0.05, 0.1) is 33.9 Å². The number of fused-ring (bicyclic) bond motifs is 1. The first-order valence-electron chi connectivity index (χ1n) is 13.1. The summed E-state index contributed by atoms with van der Waals surface area (Å²) in [6.07, 6.45) is 0. The molecule has 0 amide bonds. The van der Waals surface area contributed by atoms with Crippen LogP contribution in [0.4, 0.5) is 11.6 Å². The highest BCUT2D eigenvalue weighted by Gasteiger charge is 2.15. The number of methoxy groups -OCH3 is 2. The molecule has 13 nitrogen and oxygen atoms in total. The number of hydrogen-bond donors (Lipinski definition) is 3. The summed E-state index contributed by atoms with van der Waals surface area (Å²) in [5.74, 6) is 2.97. The van der Waals surface area contributed by atoms with Crippen molar-refractivity contribution in [3.63, 3.8) is 0 Å². The number of guanidine groups is 1. The van der Waals surface area contributed by atoms with Crippen LogP contribution < -0.4 is 46.7 Å². The molecule has 13 heteroatoms. The highest BCUT2D eigenvalue weighted by Crippen LogP contribution is 2.34. The van der Waals surface area contributed by atoms with Crippen LogP contribution in [0.2, 0.25) is 0 Å². The van der Waals surface area contributed by atoms with Crippen LogP contribution >= 0.6 is 0 Å². The lowest BCUT2D eigenvalue weighted by Crippen LogP contribution is -2.43. The number of benzene rings is 3. The third-order valence-corrected chi connectivity index (χ3v) is 6.47. The second kappa shape index (κ2) is 12.8. The molecule has 4 aromatic rings. The summed E-state index contributed by atoms with van der Waals surface area (Å²) in [5.41, 5.74) is 7.15. The van der Waals surface area contributed by atoms with Crippen LogP contribution in [0.15, 0.2) is 81.3 Å². The summed E-state index contributed by atoms with van der Waals surface area (Å²) in [6, 6.07) is 19.8. The third-order valence-electron chi connectivity index (χ3n) is 6.47. The number of nitrogens with zero attached hydrogens (tertiary/aromatic N) is 4. The van der Waals surface area contributed by atoms with E-state index in [0.29, 0.717) is 28.7 Å². The number of ether oxygens (including phenoxy) is 4. The van der Waals surface area contributed by atoms with Crippen molar-refractivity contribution in [2.45, 2.75) is 13.1 Å². The van der Waals surface area contributed by atoms with Crippen molar-refractivity contribution >= 4 is 17.6 Å². The van der Waals surface area contributed by atoms with Gasteiger partial charge in [0.1, 0.15) is 11.5 Å². The minimum Gasteiger partial charge on any atom is -0.497 e. The fourth-order valence-corrected chi connectivity index (χ4v) is 4.27. The molecular formula is C29H31N7O6. The Hall–Kier alpha value is -5.46. The molecule has 42 heavy (non-hydrogen) atoms. The Kier molecular flexibility index (Phi) is 8.56. The van der Waals surface area contributed by atoms with Crippen LogP contribution in [-0.4, -0.2) is 54.2 Å². The summed E-state index contributed by atoms with van der Waals surface area (Å²) in [6.45, 7) is 0.927. The maximum atomic E-state index is 13.6. The van der Waals surface area contributed by atoms with Gasteiger partial charge in [0, 0.05) is 18.3 Å². The van der Waals surface area contributed by atoms with Crippen LogP contribution in [0.1, 0.15) is 11.1 Å². The Morgan fingerprint density at radius 3 is 2.17 bits per heavy atom. The smallest absolute Gasteiger partial charge is 0.355 e. The lowest BCUT2D eigenvalue weighted by molar-refractivity contribution is 0.174. The minimum atomic E-state index is -0.670. The molecule has 0 saturated heterocycles. The van der Waals surface area contributed by atoms with Gasteiger partial charge in [0.15, 0.2) is 17.5 Å². The zero-order valence-corrected chi connectivity index (χ0v) is 23.2. The summed E-state index contributed by atoms with van der Waals surface area (Å²) < 4.78 is 23.6. The van der Waals surface area contributed by atoms with Crippen LogP contribution in [0.25, 0.3) is 0 Å². The molecule has 0 unspecified atom stereocenters. The summed E-state index contributed by atoms with van der Waals surface area (Å²) in [7, 11) is 3.16. The largest absolute Gasteiger partial charge is 0.497 e. The molecule has 0 fully saturated rings. The van der Waals surface area contributed by atoms with Gasteiger partial charge in [-0.05, 0) is 47.5 Å². The molecule has 4 N–H and O–H groups in total. The topological polar surface area (TPSA) is 156 Å². The fourth-order valence-electron chi connectivity index (χ4n) is 4.27. The summed E-state index contributed by atoms with van der Waals surface area (Å²) in [4.78, 5) is 35.1. The van der Waals surface area contributed by atoms with Crippen LogP contribution in [0.3, 0.4) is 0 Å². The van der Waals surface area contributed by atoms with E-state index in [-0.39, 0.29) is 44.9 Å². The molecule has 2 heterocycles. The Balaban J connectivity index is 1.33. The van der Waals surface area contributed by atoms with E-state index < -0.39 is 11.4 Å². The number of rotatable bonds is 11. The van der Waals surface area contributed by atoms with E-state index in [4.69, 9.17) is 24.7 Å². The van der Waals surface area contributed by atoms with Gasteiger partial charge in [0.25, 0.3) is 0 Å². The van der Waals surface area contributed by atoms with Gasteiger partial charge in [-0.1, -0.05) is 24.3 Å². The highest BCUT2D eigenvalue weighted by atomic mass is 16.7. The molecule has 0 bridgehead atoms. The van der Waals surface area contributed by atoms with Gasteiger partial charge in [-0.2, -0.15) is 4.98 Å². The first-order chi connectivity index (χ1) is 20.4. The maximum absolute atomic E-state index is 13.6. The molecule has 5 rings (SSSR count). The zero-order valence-electron chi connectivity index (χ0n) is 23.2. The van der Waals surface area contributed by atoms with Crippen LogP contribution in [0, 0.1) is 0 Å². The minimum absolute atomic E-state index is 0.0594. The SMILES string of the molecule is COc1ccc(Cn2c(NCCN=C(N)Nc3ccc4c(c3)OCO4)nc(=O)n(Cc3ccc(OC)cc3)c2=O)cc1. The van der Waals surface area contributed by atoms with Gasteiger partial charge in [-0.25, -0.2) is 14.2 Å². The number of aromatic nitrogens is 3. The third kappa shape index (κ3) is 6.63. The number of anilines is 2. The van der Waals surface area contributed by atoms with Gasteiger partial charge in [0.2, 0.25) is 12.7 Å². The molecule has 1 aliphatic heterocycles. The molecule has 0 saturated carbocycles. The van der Waals surface area contributed by atoms with Crippen LogP contribution in [0.5, 0.6) is 23.0 Å². The zero-order chi connectivity index (χ0) is 29.5. The monoisotopic (exact) mass is 573 g/mol. The first-order valence-corrected chi connectivity index (χ1v) is 13.1. The predicted molar refractivity (Wildman–Crippen MR) is 158 cm³/mol. The number of hydrogen-bond acceptors (Lipinski definition) is 9. The lowest BCUT2D eigenvalue weighted by atomic mass is 10.2. The summed E-state index contributed by atoms with van der Waals surface area (Å²) >= 11 is 0. The predicted octanol–water partition coefficient (Wildman–Crippen LogP) is 2.09. The van der Waals surface area contributed by atoms with E-state index >= 15 is 0 Å². The molecule has 3 aromatic carbocycles. The van der Waals surface area contributed by atoms with E-state index in [1.807, 2.05) is 12.1 Å². The maximum Gasteiger partial charge on any atom is 0.355 e. The van der Waals surface area contributed by atoms with Gasteiger partial charge in [-0.3, -0.25) is 9.56 Å². The van der Waals surface area contributed by atoms with Gasteiger partial charge >= 0.3 is 11.4 Å². The molecule has 218 valence electrons. The average molecular weight is 574 g/mol. The Morgan fingerprint density at radius 1 is 0.905 bits per heavy atom. The van der Waals surface area contributed by atoms with Crippen molar-refractivity contribution in [3.05, 3.63) is 98.8 Å². The van der Waals surface area contributed by atoms with Gasteiger partial charge < -0.3 is 35.3 Å². The Bertz CT molecular complexity index is 1680. The van der Waals surface area contributed by atoms with Gasteiger partial charge in [-0.15, -0.1) is 0 Å². The molecular weight excluding hydrogens is 542 g/mol. The van der Waals surface area contributed by atoms with E-state index in [9.17, 15) is 9.59 Å². The van der Waals surface area contributed by atoms with E-state index in [0.717, 1.165) is 15.7 Å². The molecule has 0 radical (unpaired) electrons. The quantitative estimate of drug-likeness (QED) is 0.138. The fraction of sp³-hybridized carbons (Fsp3) is 0.241. The van der Waals surface area contributed by atoms with Crippen molar-refractivity contribution in [2.24, 2.45) is 10.7 Å². The average Bonchev–Trinajstić information content (AvgIpc) is 3.48. The molecule has 1 aliphatic rings. The van der Waals surface area contributed by atoms with E-state index in [2.05, 4.69) is 20.6 Å². The van der Waals surface area contributed by atoms with Crippen molar-refractivity contribution in [1.82, 2.24) is 14.1 Å². The Morgan fingerprint density at radius 2 is 1.52 bits per heavy atom. The second-order valence-corrected chi connectivity index (χ2v) is 9.26. The molecule has 0 atom stereocenters. The molecule has 0 aliphatic carbocycles. The highest BCUT2D eigenvalue weighted by molar-refractivity contribution is 5.92. The summed E-state index contributed by atoms with van der Waals surface area (Å²) in [5, 5.41) is 6.07. The van der Waals surface area contributed by atoms with Crippen molar-refractivity contribution in [2.75, 3.05) is 44.7 Å². The van der Waals surface area contributed by atoms with Crippen molar-refractivity contribution in [1.29, 1.82) is 0 Å². The van der Waals surface area contributed by atoms with Crippen LogP contribution in [-0.2, 0) is 13.1 Å². The standard InChI is InChI=1S/C29H31N7O6/c1-39-22-8-3-19(4-9-22)16-35-27(34-28(37)36(29(35)38)17-20-5-10-23(40-2)11-6-20)32-14-13-31-26(30)33-21-7-12-24-25(15-21)42-18-41-24/h3-12,15H,13-14,16-18H2,1-2H3,(H3,30,31,33)(H,32,34,37). The number of nitrogens with two attached hydrogens (primary N) is 1. The van der Waals surface area contributed by atoms with Crippen molar-refractivity contribution < 1.29 is 18.9 Å². The normalized spacial score (nSPS) is 12.2. The lowest BCUT2D eigenvalue weighted by Gasteiger charge is -2.16. The molecule has 1 aromatic heterocycles. The Labute approximate surface area is 241 Å². The van der Waals surface area contributed by atoms with E-state index in [1.54, 1.807) is 68.8 Å². The second-order valence-electron chi connectivity index (χ2n) is 9.26. The van der Waals surface area contributed by atoms with E-state index in [1.165, 1.54) is 4.57 Å².